The van der Waals surface area contributed by atoms with Crippen LogP contribution in [0.3, 0.4) is 0 Å². The van der Waals surface area contributed by atoms with Crippen LogP contribution in [0.2, 0.25) is 0 Å². The van der Waals surface area contributed by atoms with Gasteiger partial charge in [-0.25, -0.2) is 4.98 Å². The average Bonchev–Trinajstić information content (AvgIpc) is 2.90. The zero-order valence-electron chi connectivity index (χ0n) is 12.0. The number of fused-ring (bicyclic) bond motifs is 1. The second-order valence-electron chi connectivity index (χ2n) is 5.70. The maximum atomic E-state index is 12.5. The van der Waals surface area contributed by atoms with E-state index in [1.807, 2.05) is 11.8 Å². The molecule has 0 aromatic carbocycles. The van der Waals surface area contributed by atoms with E-state index < -0.39 is 0 Å². The molecule has 1 amide bonds. The summed E-state index contributed by atoms with van der Waals surface area (Å²) in [7, 11) is 0. The molecule has 0 saturated carbocycles. The van der Waals surface area contributed by atoms with Crippen molar-refractivity contribution in [3.05, 3.63) is 17.3 Å². The molecule has 0 bridgehead atoms. The summed E-state index contributed by atoms with van der Waals surface area (Å²) in [5, 5.41) is 3.45. The van der Waals surface area contributed by atoms with E-state index in [4.69, 9.17) is 4.42 Å². The third-order valence-corrected chi connectivity index (χ3v) is 4.40. The summed E-state index contributed by atoms with van der Waals surface area (Å²) < 4.78 is 5.45. The van der Waals surface area contributed by atoms with Gasteiger partial charge in [0.2, 0.25) is 5.76 Å². The van der Waals surface area contributed by atoms with Crippen molar-refractivity contribution in [3.8, 4) is 0 Å². The normalized spacial score (nSPS) is 25.8. The van der Waals surface area contributed by atoms with Crippen LogP contribution in [0, 0.1) is 25.7 Å². The molecule has 5 nitrogen and oxygen atoms in total. The lowest BCUT2D eigenvalue weighted by Crippen LogP contribution is -2.32. The molecule has 0 spiro atoms. The summed E-state index contributed by atoms with van der Waals surface area (Å²) in [5.74, 6) is 2.45. The standard InChI is InChI=1S/C14H21N3O2.ClH/c1-9-13(19-10(2)16-9)14(18)17-5-3-11-7-15-8-12(11)4-6-17;/h11-12,15H,3-8H2,1-2H3;1H/t11-,12+;. The molecule has 3 heterocycles. The maximum Gasteiger partial charge on any atom is 0.291 e. The summed E-state index contributed by atoms with van der Waals surface area (Å²) in [6.07, 6.45) is 2.19. The lowest BCUT2D eigenvalue weighted by atomic mass is 9.92. The molecule has 0 radical (unpaired) electrons. The predicted octanol–water partition coefficient (Wildman–Crippen LogP) is 1.78. The molecule has 1 aromatic heterocycles. The van der Waals surface area contributed by atoms with Gasteiger partial charge < -0.3 is 14.6 Å². The van der Waals surface area contributed by atoms with Gasteiger partial charge in [-0.3, -0.25) is 4.79 Å². The van der Waals surface area contributed by atoms with E-state index in [1.165, 1.54) is 0 Å². The Morgan fingerprint density at radius 2 is 1.85 bits per heavy atom. The molecule has 0 unspecified atom stereocenters. The number of aromatic nitrogens is 1. The molecule has 20 heavy (non-hydrogen) atoms. The summed E-state index contributed by atoms with van der Waals surface area (Å²) in [5.41, 5.74) is 0.702. The van der Waals surface area contributed by atoms with Gasteiger partial charge in [0.25, 0.3) is 5.91 Å². The second kappa shape index (κ2) is 6.14. The number of carbonyl (C=O) groups is 1. The molecular formula is C14H22ClN3O2. The van der Waals surface area contributed by atoms with Gasteiger partial charge in [0, 0.05) is 20.0 Å². The molecule has 2 atom stereocenters. The van der Waals surface area contributed by atoms with E-state index in [9.17, 15) is 4.79 Å². The minimum atomic E-state index is 0. The topological polar surface area (TPSA) is 58.4 Å². The molecule has 112 valence electrons. The molecule has 3 rings (SSSR count). The van der Waals surface area contributed by atoms with Crippen LogP contribution < -0.4 is 5.32 Å². The van der Waals surface area contributed by atoms with Crippen LogP contribution in [-0.2, 0) is 0 Å². The van der Waals surface area contributed by atoms with E-state index in [0.29, 0.717) is 17.3 Å². The highest BCUT2D eigenvalue weighted by Gasteiger charge is 2.32. The van der Waals surface area contributed by atoms with Crippen LogP contribution in [0.1, 0.15) is 35.0 Å². The molecular weight excluding hydrogens is 278 g/mol. The van der Waals surface area contributed by atoms with Crippen molar-refractivity contribution in [2.24, 2.45) is 11.8 Å². The Morgan fingerprint density at radius 3 is 2.35 bits per heavy atom. The van der Waals surface area contributed by atoms with Crippen LogP contribution in [0.5, 0.6) is 0 Å². The van der Waals surface area contributed by atoms with Crippen molar-refractivity contribution in [3.63, 3.8) is 0 Å². The summed E-state index contributed by atoms with van der Waals surface area (Å²) >= 11 is 0. The zero-order chi connectivity index (χ0) is 13.4. The molecule has 1 aromatic rings. The zero-order valence-corrected chi connectivity index (χ0v) is 12.8. The quantitative estimate of drug-likeness (QED) is 0.859. The number of hydrogen-bond donors (Lipinski definition) is 1. The van der Waals surface area contributed by atoms with Crippen molar-refractivity contribution < 1.29 is 9.21 Å². The smallest absolute Gasteiger partial charge is 0.291 e. The van der Waals surface area contributed by atoms with Crippen LogP contribution in [-0.4, -0.2) is 42.0 Å². The number of amides is 1. The van der Waals surface area contributed by atoms with Gasteiger partial charge in [-0.1, -0.05) is 0 Å². The van der Waals surface area contributed by atoms with Crippen molar-refractivity contribution in [1.29, 1.82) is 0 Å². The van der Waals surface area contributed by atoms with Crippen molar-refractivity contribution in [2.45, 2.75) is 26.7 Å². The van der Waals surface area contributed by atoms with E-state index in [0.717, 1.165) is 50.9 Å². The first-order valence-electron chi connectivity index (χ1n) is 7.09. The minimum Gasteiger partial charge on any atom is -0.436 e. The first kappa shape index (κ1) is 15.3. The molecule has 2 aliphatic heterocycles. The van der Waals surface area contributed by atoms with Gasteiger partial charge in [0.1, 0.15) is 0 Å². The van der Waals surface area contributed by atoms with Gasteiger partial charge >= 0.3 is 0 Å². The fourth-order valence-corrected chi connectivity index (χ4v) is 3.29. The molecule has 2 saturated heterocycles. The molecule has 1 N–H and O–H groups in total. The largest absolute Gasteiger partial charge is 0.436 e. The molecule has 6 heteroatoms. The first-order chi connectivity index (χ1) is 9.15. The van der Waals surface area contributed by atoms with Crippen LogP contribution >= 0.6 is 12.4 Å². The lowest BCUT2D eigenvalue weighted by molar-refractivity contribution is 0.0724. The van der Waals surface area contributed by atoms with E-state index >= 15 is 0 Å². The Kier molecular flexibility index (Phi) is 4.70. The number of carbonyl (C=O) groups excluding carboxylic acids is 1. The number of likely N-dealkylation sites (tertiary alicyclic amines) is 1. The number of nitrogens with zero attached hydrogens (tertiary/aromatic N) is 2. The number of rotatable bonds is 1. The Morgan fingerprint density at radius 1 is 1.25 bits per heavy atom. The van der Waals surface area contributed by atoms with Crippen molar-refractivity contribution in [1.82, 2.24) is 15.2 Å². The monoisotopic (exact) mass is 299 g/mol. The summed E-state index contributed by atoms with van der Waals surface area (Å²) in [4.78, 5) is 18.6. The van der Waals surface area contributed by atoms with E-state index in [2.05, 4.69) is 10.3 Å². The summed E-state index contributed by atoms with van der Waals surface area (Å²) in [6, 6.07) is 0. The Bertz CT molecular complexity index is 475. The number of oxazole rings is 1. The average molecular weight is 300 g/mol. The van der Waals surface area contributed by atoms with Crippen molar-refractivity contribution in [2.75, 3.05) is 26.2 Å². The van der Waals surface area contributed by atoms with E-state index in [-0.39, 0.29) is 18.3 Å². The third kappa shape index (κ3) is 2.83. The highest BCUT2D eigenvalue weighted by molar-refractivity contribution is 5.92. The fraction of sp³-hybridized carbons (Fsp3) is 0.714. The number of hydrogen-bond acceptors (Lipinski definition) is 4. The number of nitrogens with one attached hydrogen (secondary N) is 1. The van der Waals surface area contributed by atoms with Gasteiger partial charge in [0.05, 0.1) is 5.69 Å². The molecule has 2 aliphatic rings. The van der Waals surface area contributed by atoms with Crippen LogP contribution in [0.4, 0.5) is 0 Å². The fourth-order valence-electron chi connectivity index (χ4n) is 3.29. The first-order valence-corrected chi connectivity index (χ1v) is 7.09. The number of aryl methyl sites for hydroxylation is 2. The third-order valence-electron chi connectivity index (χ3n) is 4.40. The Labute approximate surface area is 125 Å². The molecule has 0 aliphatic carbocycles. The van der Waals surface area contributed by atoms with Gasteiger partial charge in [-0.2, -0.15) is 0 Å². The second-order valence-corrected chi connectivity index (χ2v) is 5.70. The summed E-state index contributed by atoms with van der Waals surface area (Å²) in [6.45, 7) is 7.49. The van der Waals surface area contributed by atoms with Gasteiger partial charge in [-0.05, 0) is 44.7 Å². The Balaban J connectivity index is 0.00000147. The lowest BCUT2D eigenvalue weighted by Gasteiger charge is -2.19. The van der Waals surface area contributed by atoms with Gasteiger partial charge in [0.15, 0.2) is 5.89 Å². The van der Waals surface area contributed by atoms with Gasteiger partial charge in [-0.15, -0.1) is 12.4 Å². The SMILES string of the molecule is Cc1nc(C)c(C(=O)N2CC[C@@H]3CNC[C@@H]3CC2)o1.Cl. The number of halogens is 1. The van der Waals surface area contributed by atoms with E-state index in [1.54, 1.807) is 6.92 Å². The van der Waals surface area contributed by atoms with Crippen LogP contribution in [0.15, 0.2) is 4.42 Å². The minimum absolute atomic E-state index is 0. The maximum absolute atomic E-state index is 12.5. The highest BCUT2D eigenvalue weighted by Crippen LogP contribution is 2.28. The highest BCUT2D eigenvalue weighted by atomic mass is 35.5. The Hall–Kier alpha value is -1.07. The van der Waals surface area contributed by atoms with Crippen LogP contribution in [0.25, 0.3) is 0 Å². The van der Waals surface area contributed by atoms with Crippen molar-refractivity contribution >= 4 is 18.3 Å². The molecule has 2 fully saturated rings. The predicted molar refractivity (Wildman–Crippen MR) is 78.2 cm³/mol.